The maximum atomic E-state index is 12.0. The monoisotopic (exact) mass is 300 g/mol. The van der Waals surface area contributed by atoms with Crippen LogP contribution in [-0.2, 0) is 0 Å². The van der Waals surface area contributed by atoms with Crippen molar-refractivity contribution in [1.82, 2.24) is 5.43 Å². The third-order valence-corrected chi connectivity index (χ3v) is 2.90. The Bertz CT molecular complexity index is 628. The van der Waals surface area contributed by atoms with Crippen LogP contribution in [0.15, 0.2) is 52.2 Å². The minimum Gasteiger partial charge on any atom is -0.493 e. The van der Waals surface area contributed by atoms with E-state index >= 15 is 0 Å². The van der Waals surface area contributed by atoms with E-state index in [0.717, 1.165) is 5.75 Å². The van der Waals surface area contributed by atoms with E-state index in [1.165, 1.54) is 0 Å². The van der Waals surface area contributed by atoms with Gasteiger partial charge in [-0.05, 0) is 49.2 Å². The SMILES string of the molecule is C/C(=N\NC(=O)c1ccc(OCC(C)C)cc1)c1ccco1. The van der Waals surface area contributed by atoms with E-state index in [4.69, 9.17) is 9.15 Å². The van der Waals surface area contributed by atoms with E-state index in [-0.39, 0.29) is 5.91 Å². The van der Waals surface area contributed by atoms with Crippen molar-refractivity contribution in [3.8, 4) is 5.75 Å². The molecule has 0 unspecified atom stereocenters. The second kappa shape index (κ2) is 7.45. The number of nitrogens with zero attached hydrogens (tertiary/aromatic N) is 1. The molecule has 0 bridgehead atoms. The molecule has 0 aliphatic heterocycles. The zero-order valence-corrected chi connectivity index (χ0v) is 13.0. The molecule has 5 heteroatoms. The molecule has 2 rings (SSSR count). The summed E-state index contributed by atoms with van der Waals surface area (Å²) >= 11 is 0. The number of nitrogens with one attached hydrogen (secondary N) is 1. The minimum absolute atomic E-state index is 0.277. The molecule has 1 N–H and O–H groups in total. The van der Waals surface area contributed by atoms with Crippen molar-refractivity contribution in [2.45, 2.75) is 20.8 Å². The fourth-order valence-electron chi connectivity index (χ4n) is 1.70. The summed E-state index contributed by atoms with van der Waals surface area (Å²) in [5.74, 6) is 1.56. The molecule has 0 fully saturated rings. The Morgan fingerprint density at radius 1 is 1.27 bits per heavy atom. The molecule has 0 spiro atoms. The van der Waals surface area contributed by atoms with Crippen LogP contribution in [0.3, 0.4) is 0 Å². The van der Waals surface area contributed by atoms with Crippen LogP contribution in [0.25, 0.3) is 0 Å². The van der Waals surface area contributed by atoms with Crippen molar-refractivity contribution >= 4 is 11.6 Å². The van der Waals surface area contributed by atoms with Crippen LogP contribution in [0.2, 0.25) is 0 Å². The van der Waals surface area contributed by atoms with E-state index in [1.807, 2.05) is 0 Å². The highest BCUT2D eigenvalue weighted by atomic mass is 16.5. The van der Waals surface area contributed by atoms with E-state index in [9.17, 15) is 4.79 Å². The average Bonchev–Trinajstić information content (AvgIpc) is 3.05. The van der Waals surface area contributed by atoms with Crippen LogP contribution in [0.5, 0.6) is 5.75 Å². The van der Waals surface area contributed by atoms with Crippen LogP contribution in [-0.4, -0.2) is 18.2 Å². The topological polar surface area (TPSA) is 63.8 Å². The smallest absolute Gasteiger partial charge is 0.271 e. The largest absolute Gasteiger partial charge is 0.493 e. The molecule has 0 radical (unpaired) electrons. The first-order valence-corrected chi connectivity index (χ1v) is 7.17. The highest BCUT2D eigenvalue weighted by molar-refractivity contribution is 5.99. The Morgan fingerprint density at radius 2 is 2.00 bits per heavy atom. The number of amides is 1. The standard InChI is InChI=1S/C17H20N2O3/c1-12(2)11-22-15-8-6-14(7-9-15)17(20)19-18-13(3)16-5-4-10-21-16/h4-10,12H,11H2,1-3H3,(H,19,20)/b18-13+. The second-order valence-electron chi connectivity index (χ2n) is 5.34. The summed E-state index contributed by atoms with van der Waals surface area (Å²) in [6.45, 7) is 6.59. The Kier molecular flexibility index (Phi) is 5.36. The van der Waals surface area contributed by atoms with Crippen molar-refractivity contribution in [3.05, 3.63) is 54.0 Å². The fraction of sp³-hybridized carbons (Fsp3) is 0.294. The number of furan rings is 1. The van der Waals surface area contributed by atoms with Crippen LogP contribution in [0, 0.1) is 5.92 Å². The molecule has 0 saturated carbocycles. The molecule has 1 aromatic heterocycles. The van der Waals surface area contributed by atoms with Gasteiger partial charge in [-0.25, -0.2) is 5.43 Å². The van der Waals surface area contributed by atoms with Crippen molar-refractivity contribution in [2.24, 2.45) is 11.0 Å². The second-order valence-corrected chi connectivity index (χ2v) is 5.34. The Balaban J connectivity index is 1.94. The van der Waals surface area contributed by atoms with E-state index < -0.39 is 0 Å². The molecule has 116 valence electrons. The van der Waals surface area contributed by atoms with Crippen LogP contribution < -0.4 is 10.2 Å². The highest BCUT2D eigenvalue weighted by Gasteiger charge is 2.06. The average molecular weight is 300 g/mol. The molecular formula is C17H20N2O3. The number of hydrogen-bond donors (Lipinski definition) is 1. The number of benzene rings is 1. The lowest BCUT2D eigenvalue weighted by atomic mass is 10.2. The first-order chi connectivity index (χ1) is 10.6. The van der Waals surface area contributed by atoms with E-state index in [1.54, 1.807) is 49.6 Å². The summed E-state index contributed by atoms with van der Waals surface area (Å²) in [6.07, 6.45) is 1.56. The maximum Gasteiger partial charge on any atom is 0.271 e. The molecule has 1 amide bonds. The summed E-state index contributed by atoms with van der Waals surface area (Å²) in [5.41, 5.74) is 3.63. The quantitative estimate of drug-likeness (QED) is 0.656. The van der Waals surface area contributed by atoms with Crippen LogP contribution in [0.4, 0.5) is 0 Å². The lowest BCUT2D eigenvalue weighted by Gasteiger charge is -2.08. The van der Waals surface area contributed by atoms with Gasteiger partial charge in [0, 0.05) is 5.56 Å². The molecule has 5 nitrogen and oxygen atoms in total. The Labute approximate surface area is 130 Å². The summed E-state index contributed by atoms with van der Waals surface area (Å²) in [5, 5.41) is 4.02. The maximum absolute atomic E-state index is 12.0. The highest BCUT2D eigenvalue weighted by Crippen LogP contribution is 2.13. The number of carbonyl (C=O) groups is 1. The molecule has 0 saturated heterocycles. The molecule has 22 heavy (non-hydrogen) atoms. The zero-order valence-electron chi connectivity index (χ0n) is 13.0. The summed E-state index contributed by atoms with van der Waals surface area (Å²) in [4.78, 5) is 12.0. The van der Waals surface area contributed by atoms with Gasteiger partial charge in [0.15, 0.2) is 0 Å². The van der Waals surface area contributed by atoms with Crippen LogP contribution >= 0.6 is 0 Å². The molecule has 0 atom stereocenters. The zero-order chi connectivity index (χ0) is 15.9. The first-order valence-electron chi connectivity index (χ1n) is 7.17. The molecule has 1 heterocycles. The Morgan fingerprint density at radius 3 is 2.59 bits per heavy atom. The third kappa shape index (κ3) is 4.48. The number of ether oxygens (including phenoxy) is 1. The Hall–Kier alpha value is -2.56. The van der Waals surface area contributed by atoms with Gasteiger partial charge in [0.25, 0.3) is 5.91 Å². The fourth-order valence-corrected chi connectivity index (χ4v) is 1.70. The van der Waals surface area contributed by atoms with E-state index in [2.05, 4.69) is 24.4 Å². The lowest BCUT2D eigenvalue weighted by Crippen LogP contribution is -2.19. The molecule has 0 aliphatic rings. The van der Waals surface area contributed by atoms with Gasteiger partial charge in [-0.15, -0.1) is 0 Å². The van der Waals surface area contributed by atoms with Gasteiger partial charge in [0.05, 0.1) is 12.9 Å². The van der Waals surface area contributed by atoms with Crippen molar-refractivity contribution in [1.29, 1.82) is 0 Å². The molecule has 2 aromatic rings. The number of hydrazone groups is 1. The van der Waals surface area contributed by atoms with Crippen molar-refractivity contribution in [2.75, 3.05) is 6.61 Å². The van der Waals surface area contributed by atoms with Gasteiger partial charge in [-0.1, -0.05) is 13.8 Å². The number of rotatable bonds is 6. The molecule has 0 aliphatic carbocycles. The number of hydrogen-bond acceptors (Lipinski definition) is 4. The van der Waals surface area contributed by atoms with Gasteiger partial charge < -0.3 is 9.15 Å². The van der Waals surface area contributed by atoms with Gasteiger partial charge in [-0.3, -0.25) is 4.79 Å². The van der Waals surface area contributed by atoms with Crippen molar-refractivity contribution in [3.63, 3.8) is 0 Å². The summed E-state index contributed by atoms with van der Waals surface area (Å²) in [7, 11) is 0. The van der Waals surface area contributed by atoms with Gasteiger partial charge in [0.2, 0.25) is 0 Å². The third-order valence-electron chi connectivity index (χ3n) is 2.90. The predicted octanol–water partition coefficient (Wildman–Crippen LogP) is 3.47. The summed E-state index contributed by atoms with van der Waals surface area (Å²) < 4.78 is 10.8. The van der Waals surface area contributed by atoms with Gasteiger partial charge in [0.1, 0.15) is 17.2 Å². The number of carbonyl (C=O) groups excluding carboxylic acids is 1. The van der Waals surface area contributed by atoms with Crippen LogP contribution in [0.1, 0.15) is 36.9 Å². The normalized spacial score (nSPS) is 11.5. The molecule has 1 aromatic carbocycles. The van der Waals surface area contributed by atoms with Crippen molar-refractivity contribution < 1.29 is 13.9 Å². The summed E-state index contributed by atoms with van der Waals surface area (Å²) in [6, 6.07) is 10.5. The van der Waals surface area contributed by atoms with E-state index in [0.29, 0.717) is 29.6 Å². The van der Waals surface area contributed by atoms with Gasteiger partial charge in [-0.2, -0.15) is 5.10 Å². The van der Waals surface area contributed by atoms with Gasteiger partial charge >= 0.3 is 0 Å². The first kappa shape index (κ1) is 15.8. The molecular weight excluding hydrogens is 280 g/mol. The predicted molar refractivity (Wildman–Crippen MR) is 85.2 cm³/mol. The minimum atomic E-state index is -0.277. The lowest BCUT2D eigenvalue weighted by molar-refractivity contribution is 0.0954.